The third kappa shape index (κ3) is 1.59. The lowest BCUT2D eigenvalue weighted by atomic mass is 9.89. The van der Waals surface area contributed by atoms with E-state index in [-0.39, 0.29) is 11.4 Å². The Hall–Kier alpha value is -0.410. The van der Waals surface area contributed by atoms with Gasteiger partial charge in [-0.05, 0) is 40.4 Å². The number of hydrogen-bond donors (Lipinski definition) is 1. The Labute approximate surface area is 91.6 Å². The van der Waals surface area contributed by atoms with Gasteiger partial charge in [-0.15, -0.1) is 0 Å². The molecule has 76 valence electrons. The van der Waals surface area contributed by atoms with Gasteiger partial charge in [0.25, 0.3) is 0 Å². The normalized spacial score (nSPS) is 19.9. The molecule has 1 fully saturated rings. The Morgan fingerprint density at radius 1 is 1.29 bits per heavy atom. The molecular weight excluding hydrogens is 245 g/mol. The number of hydrogen-bond acceptors (Lipinski definition) is 1. The van der Waals surface area contributed by atoms with E-state index in [0.717, 1.165) is 31.2 Å². The molecule has 0 unspecified atom stereocenters. The van der Waals surface area contributed by atoms with Gasteiger partial charge < -0.3 is 5.73 Å². The van der Waals surface area contributed by atoms with Gasteiger partial charge >= 0.3 is 0 Å². The lowest BCUT2D eigenvalue weighted by molar-refractivity contribution is 0.454. The summed E-state index contributed by atoms with van der Waals surface area (Å²) in [6.45, 7) is 0. The average Bonchev–Trinajstić information content (AvgIpc) is 2.58. The van der Waals surface area contributed by atoms with Crippen molar-refractivity contribution in [2.24, 2.45) is 5.73 Å². The standard InChI is InChI=1S/C11H13BrFN/c12-10-8(4-3-5-9(10)13)11(14)6-1-2-7-11/h3-5H,1-2,6-7,14H2. The van der Waals surface area contributed by atoms with E-state index in [2.05, 4.69) is 15.9 Å². The van der Waals surface area contributed by atoms with Crippen molar-refractivity contribution in [1.82, 2.24) is 0 Å². The Bertz CT molecular complexity index is 345. The fourth-order valence-corrected chi connectivity index (χ4v) is 2.82. The third-order valence-electron chi connectivity index (χ3n) is 2.98. The van der Waals surface area contributed by atoms with Crippen LogP contribution in [0, 0.1) is 5.82 Å². The van der Waals surface area contributed by atoms with Crippen LogP contribution in [0.2, 0.25) is 0 Å². The summed E-state index contributed by atoms with van der Waals surface area (Å²) in [4.78, 5) is 0. The van der Waals surface area contributed by atoms with Crippen LogP contribution in [-0.4, -0.2) is 0 Å². The molecule has 1 nitrogen and oxygen atoms in total. The summed E-state index contributed by atoms with van der Waals surface area (Å²) in [7, 11) is 0. The molecule has 0 bridgehead atoms. The van der Waals surface area contributed by atoms with Gasteiger partial charge in [-0.2, -0.15) is 0 Å². The molecule has 0 aliphatic heterocycles. The Kier molecular flexibility index (Phi) is 2.62. The molecule has 0 heterocycles. The summed E-state index contributed by atoms with van der Waals surface area (Å²) in [5.41, 5.74) is 6.85. The topological polar surface area (TPSA) is 26.0 Å². The van der Waals surface area contributed by atoms with Gasteiger partial charge in [0.15, 0.2) is 0 Å². The van der Waals surface area contributed by atoms with Gasteiger partial charge in [-0.25, -0.2) is 4.39 Å². The largest absolute Gasteiger partial charge is 0.321 e. The van der Waals surface area contributed by atoms with Crippen LogP contribution >= 0.6 is 15.9 Å². The van der Waals surface area contributed by atoms with Gasteiger partial charge in [-0.3, -0.25) is 0 Å². The lowest BCUT2D eigenvalue weighted by Crippen LogP contribution is -2.33. The molecule has 1 aliphatic carbocycles. The van der Waals surface area contributed by atoms with Crippen LogP contribution in [0.3, 0.4) is 0 Å². The van der Waals surface area contributed by atoms with Gasteiger partial charge in [0, 0.05) is 5.54 Å². The number of nitrogens with two attached hydrogens (primary N) is 1. The summed E-state index contributed by atoms with van der Waals surface area (Å²) < 4.78 is 13.8. The van der Waals surface area contributed by atoms with Crippen LogP contribution < -0.4 is 5.73 Å². The van der Waals surface area contributed by atoms with E-state index in [1.807, 2.05) is 6.07 Å². The number of benzene rings is 1. The maximum Gasteiger partial charge on any atom is 0.137 e. The zero-order chi connectivity index (χ0) is 10.2. The smallest absolute Gasteiger partial charge is 0.137 e. The molecule has 2 rings (SSSR count). The Morgan fingerprint density at radius 3 is 2.57 bits per heavy atom. The second kappa shape index (κ2) is 3.63. The number of halogens is 2. The second-order valence-corrected chi connectivity index (χ2v) is 4.76. The van der Waals surface area contributed by atoms with Crippen LogP contribution in [0.4, 0.5) is 4.39 Å². The van der Waals surface area contributed by atoms with Crippen molar-refractivity contribution in [2.75, 3.05) is 0 Å². The molecule has 0 aromatic heterocycles. The van der Waals surface area contributed by atoms with Crippen molar-refractivity contribution in [3.05, 3.63) is 34.1 Å². The highest BCUT2D eigenvalue weighted by Crippen LogP contribution is 2.40. The number of rotatable bonds is 1. The minimum absolute atomic E-state index is 0.223. The molecule has 1 aromatic rings. The second-order valence-electron chi connectivity index (χ2n) is 3.96. The van der Waals surface area contributed by atoms with Gasteiger partial charge in [0.05, 0.1) is 4.47 Å². The molecule has 1 aromatic carbocycles. The highest BCUT2D eigenvalue weighted by molar-refractivity contribution is 9.10. The lowest BCUT2D eigenvalue weighted by Gasteiger charge is -2.25. The minimum Gasteiger partial charge on any atom is -0.321 e. The Balaban J connectivity index is 2.45. The van der Waals surface area contributed by atoms with Gasteiger partial charge in [0.2, 0.25) is 0 Å². The summed E-state index contributed by atoms with van der Waals surface area (Å²) in [5.74, 6) is -0.223. The van der Waals surface area contributed by atoms with E-state index in [4.69, 9.17) is 5.73 Å². The van der Waals surface area contributed by atoms with E-state index in [1.54, 1.807) is 6.07 Å². The summed E-state index contributed by atoms with van der Waals surface area (Å²) in [6.07, 6.45) is 4.18. The summed E-state index contributed by atoms with van der Waals surface area (Å²) in [6, 6.07) is 5.09. The van der Waals surface area contributed by atoms with E-state index in [1.165, 1.54) is 6.07 Å². The monoisotopic (exact) mass is 257 g/mol. The van der Waals surface area contributed by atoms with Crippen molar-refractivity contribution < 1.29 is 4.39 Å². The summed E-state index contributed by atoms with van der Waals surface area (Å²) >= 11 is 3.27. The van der Waals surface area contributed by atoms with Crippen molar-refractivity contribution in [3.8, 4) is 0 Å². The van der Waals surface area contributed by atoms with Crippen LogP contribution in [0.5, 0.6) is 0 Å². The molecule has 2 N–H and O–H groups in total. The van der Waals surface area contributed by atoms with E-state index in [9.17, 15) is 4.39 Å². The Morgan fingerprint density at radius 2 is 1.93 bits per heavy atom. The van der Waals surface area contributed by atoms with E-state index < -0.39 is 0 Å². The van der Waals surface area contributed by atoms with Crippen LogP contribution in [-0.2, 0) is 5.54 Å². The molecular formula is C11H13BrFN. The SMILES string of the molecule is NC1(c2cccc(F)c2Br)CCCC1. The van der Waals surface area contributed by atoms with E-state index in [0.29, 0.717) is 4.47 Å². The molecule has 14 heavy (non-hydrogen) atoms. The summed E-state index contributed by atoms with van der Waals surface area (Å²) in [5, 5.41) is 0. The maximum absolute atomic E-state index is 13.3. The van der Waals surface area contributed by atoms with Gasteiger partial charge in [-0.1, -0.05) is 25.0 Å². The minimum atomic E-state index is -0.319. The van der Waals surface area contributed by atoms with Crippen molar-refractivity contribution in [2.45, 2.75) is 31.2 Å². The zero-order valence-corrected chi connectivity index (χ0v) is 9.48. The van der Waals surface area contributed by atoms with Crippen LogP contribution in [0.1, 0.15) is 31.2 Å². The molecule has 0 saturated heterocycles. The van der Waals surface area contributed by atoms with Gasteiger partial charge in [0.1, 0.15) is 5.82 Å². The fourth-order valence-electron chi connectivity index (χ4n) is 2.16. The molecule has 0 atom stereocenters. The highest BCUT2D eigenvalue weighted by Gasteiger charge is 2.33. The van der Waals surface area contributed by atoms with Crippen molar-refractivity contribution >= 4 is 15.9 Å². The highest BCUT2D eigenvalue weighted by atomic mass is 79.9. The first-order valence-corrected chi connectivity index (χ1v) is 5.66. The fraction of sp³-hybridized carbons (Fsp3) is 0.455. The zero-order valence-electron chi connectivity index (χ0n) is 7.89. The van der Waals surface area contributed by atoms with Crippen molar-refractivity contribution in [3.63, 3.8) is 0 Å². The predicted molar refractivity (Wildman–Crippen MR) is 58.4 cm³/mol. The quantitative estimate of drug-likeness (QED) is 0.821. The first kappa shape index (κ1) is 10.1. The van der Waals surface area contributed by atoms with Crippen LogP contribution in [0.25, 0.3) is 0 Å². The molecule has 0 spiro atoms. The molecule has 3 heteroatoms. The predicted octanol–water partition coefficient (Wildman–Crippen LogP) is 3.32. The first-order valence-electron chi connectivity index (χ1n) is 4.87. The maximum atomic E-state index is 13.3. The first-order chi connectivity index (χ1) is 6.63. The van der Waals surface area contributed by atoms with E-state index >= 15 is 0 Å². The molecule has 0 radical (unpaired) electrons. The molecule has 1 saturated carbocycles. The third-order valence-corrected chi connectivity index (χ3v) is 3.79. The van der Waals surface area contributed by atoms with Crippen LogP contribution in [0.15, 0.2) is 22.7 Å². The average molecular weight is 258 g/mol. The van der Waals surface area contributed by atoms with Crippen molar-refractivity contribution in [1.29, 1.82) is 0 Å². The molecule has 1 aliphatic rings. The molecule has 0 amide bonds.